The average Bonchev–Trinajstić information content (AvgIpc) is 2.19. The molecule has 15 heavy (non-hydrogen) atoms. The molecule has 0 aliphatic heterocycles. The van der Waals surface area contributed by atoms with Crippen LogP contribution in [0, 0.1) is 11.2 Å². The second-order valence-corrected chi connectivity index (χ2v) is 3.90. The summed E-state index contributed by atoms with van der Waals surface area (Å²) in [6.45, 7) is 1.85. The van der Waals surface area contributed by atoms with Gasteiger partial charge in [0.25, 0.3) is 0 Å². The van der Waals surface area contributed by atoms with Crippen LogP contribution in [0.3, 0.4) is 0 Å². The molecular formula is C10H12BrFN2O. The summed E-state index contributed by atoms with van der Waals surface area (Å²) in [5, 5.41) is 7.25. The molecule has 1 atom stereocenters. The molecule has 0 saturated heterocycles. The van der Waals surface area contributed by atoms with Gasteiger partial charge in [0.1, 0.15) is 17.4 Å². The first-order valence-corrected chi connectivity index (χ1v) is 5.29. The van der Waals surface area contributed by atoms with Gasteiger partial charge >= 0.3 is 0 Å². The molecule has 0 aliphatic rings. The molecule has 5 heteroatoms. The van der Waals surface area contributed by atoms with Crippen molar-refractivity contribution in [3.8, 4) is 5.75 Å². The second kappa shape index (κ2) is 5.11. The van der Waals surface area contributed by atoms with Gasteiger partial charge in [-0.05, 0) is 34.5 Å². The van der Waals surface area contributed by atoms with Crippen molar-refractivity contribution in [3.63, 3.8) is 0 Å². The Labute approximate surface area is 96.1 Å². The quantitative estimate of drug-likeness (QED) is 0.655. The normalized spacial score (nSPS) is 12.2. The number of rotatable bonds is 4. The van der Waals surface area contributed by atoms with Gasteiger partial charge in [-0.2, -0.15) is 0 Å². The van der Waals surface area contributed by atoms with E-state index < -0.39 is 11.9 Å². The summed E-state index contributed by atoms with van der Waals surface area (Å²) in [6.07, 6.45) is 0.0816. The molecule has 82 valence electrons. The minimum atomic E-state index is -0.495. The molecule has 0 heterocycles. The van der Waals surface area contributed by atoms with E-state index in [1.165, 1.54) is 6.07 Å². The highest BCUT2D eigenvalue weighted by Gasteiger charge is 2.12. The lowest BCUT2D eigenvalue weighted by Gasteiger charge is -2.15. The third kappa shape index (κ3) is 3.20. The monoisotopic (exact) mass is 274 g/mol. The van der Waals surface area contributed by atoms with Crippen LogP contribution in [0.1, 0.15) is 13.3 Å². The molecule has 0 radical (unpaired) electrons. The van der Waals surface area contributed by atoms with Crippen LogP contribution in [0.5, 0.6) is 5.75 Å². The highest BCUT2D eigenvalue weighted by atomic mass is 79.9. The van der Waals surface area contributed by atoms with Gasteiger partial charge in [0, 0.05) is 6.07 Å². The third-order valence-corrected chi connectivity index (χ3v) is 2.53. The van der Waals surface area contributed by atoms with Crippen LogP contribution in [0.4, 0.5) is 4.39 Å². The van der Waals surface area contributed by atoms with Crippen molar-refractivity contribution in [2.24, 2.45) is 5.73 Å². The van der Waals surface area contributed by atoms with Gasteiger partial charge in [0.2, 0.25) is 0 Å². The van der Waals surface area contributed by atoms with E-state index in [9.17, 15) is 4.39 Å². The van der Waals surface area contributed by atoms with Gasteiger partial charge in [0.05, 0.1) is 4.47 Å². The number of nitrogens with one attached hydrogen (secondary N) is 1. The number of nitrogens with two attached hydrogens (primary N) is 1. The van der Waals surface area contributed by atoms with Crippen molar-refractivity contribution in [2.45, 2.75) is 19.4 Å². The Balaban J connectivity index is 2.80. The number of hydrogen-bond acceptors (Lipinski definition) is 2. The van der Waals surface area contributed by atoms with E-state index >= 15 is 0 Å². The van der Waals surface area contributed by atoms with Gasteiger partial charge in [-0.3, -0.25) is 5.41 Å². The summed E-state index contributed by atoms with van der Waals surface area (Å²) < 4.78 is 18.9. The zero-order valence-electron chi connectivity index (χ0n) is 8.26. The largest absolute Gasteiger partial charge is 0.482 e. The van der Waals surface area contributed by atoms with Gasteiger partial charge < -0.3 is 10.5 Å². The van der Waals surface area contributed by atoms with Crippen molar-refractivity contribution in [2.75, 3.05) is 0 Å². The van der Waals surface area contributed by atoms with E-state index in [2.05, 4.69) is 15.9 Å². The SMILES string of the molecule is CCC(Oc1ccc(Br)c(F)c1)C(=N)N. The number of benzene rings is 1. The van der Waals surface area contributed by atoms with Crippen molar-refractivity contribution >= 4 is 21.8 Å². The molecule has 3 N–H and O–H groups in total. The lowest BCUT2D eigenvalue weighted by molar-refractivity contribution is 0.259. The summed E-state index contributed by atoms with van der Waals surface area (Å²) in [7, 11) is 0. The molecule has 0 fully saturated rings. The highest BCUT2D eigenvalue weighted by Crippen LogP contribution is 2.22. The Bertz CT molecular complexity index is 370. The standard InChI is InChI=1S/C10H12BrFN2O/c1-2-9(10(13)14)15-6-3-4-7(11)8(12)5-6/h3-5,9H,2H2,1H3,(H3,13,14). The maximum absolute atomic E-state index is 13.1. The van der Waals surface area contributed by atoms with Gasteiger partial charge in [-0.15, -0.1) is 0 Å². The predicted molar refractivity (Wildman–Crippen MR) is 60.7 cm³/mol. The Hall–Kier alpha value is -1.10. The topological polar surface area (TPSA) is 59.1 Å². The molecule has 0 aliphatic carbocycles. The number of hydrogen-bond donors (Lipinski definition) is 2. The third-order valence-electron chi connectivity index (χ3n) is 1.89. The molecule has 1 aromatic rings. The molecule has 1 rings (SSSR count). The average molecular weight is 275 g/mol. The number of halogens is 2. The molecular weight excluding hydrogens is 263 g/mol. The molecule has 3 nitrogen and oxygen atoms in total. The van der Waals surface area contributed by atoms with Crippen molar-refractivity contribution in [1.29, 1.82) is 5.41 Å². The molecule has 1 aromatic carbocycles. The van der Waals surface area contributed by atoms with E-state index in [-0.39, 0.29) is 5.84 Å². The molecule has 0 saturated carbocycles. The first-order chi connectivity index (χ1) is 7.04. The molecule has 0 spiro atoms. The molecule has 1 unspecified atom stereocenters. The molecule has 0 bridgehead atoms. The summed E-state index contributed by atoms with van der Waals surface area (Å²) in [4.78, 5) is 0. The second-order valence-electron chi connectivity index (χ2n) is 3.05. The number of amidine groups is 1. The zero-order valence-corrected chi connectivity index (χ0v) is 9.84. The lowest BCUT2D eigenvalue weighted by Crippen LogP contribution is -2.32. The molecule has 0 aromatic heterocycles. The van der Waals surface area contributed by atoms with Crippen LogP contribution >= 0.6 is 15.9 Å². The Morgan fingerprint density at radius 1 is 1.67 bits per heavy atom. The zero-order chi connectivity index (χ0) is 11.4. The number of ether oxygens (including phenoxy) is 1. The summed E-state index contributed by atoms with van der Waals surface area (Å²) in [6, 6.07) is 4.44. The summed E-state index contributed by atoms with van der Waals surface area (Å²) in [5.41, 5.74) is 5.32. The maximum atomic E-state index is 13.1. The van der Waals surface area contributed by atoms with E-state index in [0.29, 0.717) is 16.6 Å². The lowest BCUT2D eigenvalue weighted by atomic mass is 10.2. The van der Waals surface area contributed by atoms with Crippen LogP contribution in [0.25, 0.3) is 0 Å². The fourth-order valence-electron chi connectivity index (χ4n) is 1.08. The van der Waals surface area contributed by atoms with Crippen molar-refractivity contribution in [1.82, 2.24) is 0 Å². The van der Waals surface area contributed by atoms with E-state index in [4.69, 9.17) is 15.9 Å². The van der Waals surface area contributed by atoms with E-state index in [1.807, 2.05) is 6.92 Å². The van der Waals surface area contributed by atoms with Crippen molar-refractivity contribution in [3.05, 3.63) is 28.5 Å². The van der Waals surface area contributed by atoms with Crippen LogP contribution in [-0.2, 0) is 0 Å². The van der Waals surface area contributed by atoms with Crippen LogP contribution in [0.2, 0.25) is 0 Å². The maximum Gasteiger partial charge on any atom is 0.155 e. The Morgan fingerprint density at radius 2 is 2.33 bits per heavy atom. The van der Waals surface area contributed by atoms with Gasteiger partial charge in [-0.25, -0.2) is 4.39 Å². The van der Waals surface area contributed by atoms with Gasteiger partial charge in [-0.1, -0.05) is 6.92 Å². The Kier molecular flexibility index (Phi) is 4.08. The predicted octanol–water partition coefficient (Wildman–Crippen LogP) is 2.68. The summed E-state index contributed by atoms with van der Waals surface area (Å²) >= 11 is 3.04. The first-order valence-electron chi connectivity index (χ1n) is 4.50. The molecule has 0 amide bonds. The van der Waals surface area contributed by atoms with E-state index in [1.54, 1.807) is 12.1 Å². The van der Waals surface area contributed by atoms with Gasteiger partial charge in [0.15, 0.2) is 6.10 Å². The minimum absolute atomic E-state index is 0.0548. The summed E-state index contributed by atoms with van der Waals surface area (Å²) in [5.74, 6) is -0.0792. The van der Waals surface area contributed by atoms with Crippen molar-refractivity contribution < 1.29 is 9.13 Å². The smallest absolute Gasteiger partial charge is 0.155 e. The fourth-order valence-corrected chi connectivity index (χ4v) is 1.33. The van der Waals surface area contributed by atoms with Crippen LogP contribution in [-0.4, -0.2) is 11.9 Å². The van der Waals surface area contributed by atoms with Crippen LogP contribution < -0.4 is 10.5 Å². The Morgan fingerprint density at radius 3 is 2.80 bits per heavy atom. The fraction of sp³-hybridized carbons (Fsp3) is 0.300. The first kappa shape index (κ1) is 12.0. The van der Waals surface area contributed by atoms with E-state index in [0.717, 1.165) is 0 Å². The minimum Gasteiger partial charge on any atom is -0.482 e. The van der Waals surface area contributed by atoms with Crippen LogP contribution in [0.15, 0.2) is 22.7 Å². The highest BCUT2D eigenvalue weighted by molar-refractivity contribution is 9.10.